The number of terminal acetylenes is 1. The number of hydrogen-bond donors (Lipinski definition) is 0. The maximum absolute atomic E-state index is 7.12. The van der Waals surface area contributed by atoms with Crippen molar-refractivity contribution in [1.82, 2.24) is 0 Å². The van der Waals surface area contributed by atoms with Gasteiger partial charge in [0.2, 0.25) is 0 Å². The number of halogens is 1. The number of alkyl halides is 1. The Labute approximate surface area is 125 Å². The second kappa shape index (κ2) is 10.3. The van der Waals surface area contributed by atoms with Crippen LogP contribution in [0.5, 0.6) is 0 Å². The summed E-state index contributed by atoms with van der Waals surface area (Å²) in [6, 6.07) is 0. The van der Waals surface area contributed by atoms with Crippen molar-refractivity contribution in [3.63, 3.8) is 0 Å². The van der Waals surface area contributed by atoms with Crippen LogP contribution >= 0.6 is 15.9 Å². The van der Waals surface area contributed by atoms with Gasteiger partial charge in [0.15, 0.2) is 6.42 Å². The monoisotopic (exact) mass is 316 g/mol. The van der Waals surface area contributed by atoms with Gasteiger partial charge in [-0.25, -0.2) is 22.8 Å². The van der Waals surface area contributed by atoms with Crippen LogP contribution in [0.2, 0.25) is 0 Å². The highest BCUT2D eigenvalue weighted by molar-refractivity contribution is 9.09. The molecular weight excluding hydrogens is 300 g/mol. The van der Waals surface area contributed by atoms with Crippen LogP contribution in [0.4, 0.5) is 0 Å². The maximum Gasteiger partial charge on any atom is 0.516 e. The van der Waals surface area contributed by atoms with Crippen molar-refractivity contribution in [3.05, 3.63) is 34.5 Å². The minimum Gasteiger partial charge on any atom is -0.225 e. The van der Waals surface area contributed by atoms with E-state index in [1.165, 1.54) is 0 Å². The van der Waals surface area contributed by atoms with Crippen LogP contribution in [0.1, 0.15) is 39.0 Å². The minimum atomic E-state index is -1.09. The molecule has 0 atom stereocenters. The Bertz CT molecular complexity index is 472. The van der Waals surface area contributed by atoms with E-state index in [0.717, 1.165) is 36.6 Å². The molecule has 0 aromatic carbocycles. The van der Waals surface area contributed by atoms with Gasteiger partial charge in [0.05, 0.1) is 10.9 Å². The second-order valence-corrected chi connectivity index (χ2v) is 4.52. The summed E-state index contributed by atoms with van der Waals surface area (Å²) in [4.78, 5) is 6.87. The van der Waals surface area contributed by atoms with E-state index in [-0.39, 0.29) is 6.42 Å². The molecule has 0 radical (unpaired) electrons. The Morgan fingerprint density at radius 2 is 2.11 bits per heavy atom. The lowest BCUT2D eigenvalue weighted by atomic mass is 9.88. The molecule has 3 heteroatoms. The van der Waals surface area contributed by atoms with Crippen molar-refractivity contribution in [2.45, 2.75) is 44.7 Å². The fraction of sp³-hybridized carbons (Fsp3) is 0.500. The molecule has 0 heterocycles. The number of nitrogens with zero attached hydrogens (tertiary/aromatic N) is 2. The van der Waals surface area contributed by atoms with Crippen LogP contribution in [0.3, 0.4) is 0 Å². The van der Waals surface area contributed by atoms with E-state index in [0.29, 0.717) is 0 Å². The molecule has 1 aliphatic carbocycles. The Balaban J connectivity index is 0.000000555. The fourth-order valence-corrected chi connectivity index (χ4v) is 2.05. The summed E-state index contributed by atoms with van der Waals surface area (Å²) in [5.41, 5.74) is -0.151. The van der Waals surface area contributed by atoms with Gasteiger partial charge in [-0.3, -0.25) is 0 Å². The standard InChI is InChI=1S/C12H12N2.C4H5Br/c1-4-10-12(13-2,14-3)11-8-6-5-7-9-11;1-2-3-4-5/h1,8H,5-7,9-10H2;4H2,1H3. The van der Waals surface area contributed by atoms with Crippen LogP contribution in [0.15, 0.2) is 11.6 Å². The average molecular weight is 317 g/mol. The zero-order chi connectivity index (χ0) is 14.6. The SMILES string of the molecule is CC#CCBr.[C-]#[N+]C(CC#C)([N+]#[C-])C1=CCCCC1. The summed E-state index contributed by atoms with van der Waals surface area (Å²) in [7, 11) is 0. The molecule has 0 amide bonds. The van der Waals surface area contributed by atoms with Gasteiger partial charge in [0.25, 0.3) is 0 Å². The smallest absolute Gasteiger partial charge is 0.225 e. The number of hydrogen-bond acceptors (Lipinski definition) is 0. The maximum atomic E-state index is 7.12. The van der Waals surface area contributed by atoms with Gasteiger partial charge in [-0.15, -0.1) is 12.3 Å². The van der Waals surface area contributed by atoms with Gasteiger partial charge < -0.3 is 0 Å². The first-order valence-corrected chi connectivity index (χ1v) is 7.18. The van der Waals surface area contributed by atoms with Crippen molar-refractivity contribution in [2.75, 3.05) is 5.33 Å². The molecule has 0 fully saturated rings. The molecule has 1 rings (SSSR count). The van der Waals surface area contributed by atoms with Crippen LogP contribution in [0.25, 0.3) is 9.69 Å². The van der Waals surface area contributed by atoms with Gasteiger partial charge in [-0.2, -0.15) is 0 Å². The third-order valence-corrected chi connectivity index (χ3v) is 3.05. The molecule has 0 saturated heterocycles. The molecule has 0 aliphatic heterocycles. The summed E-state index contributed by atoms with van der Waals surface area (Å²) < 4.78 is 0. The number of allylic oxidation sites excluding steroid dienone is 1. The molecule has 19 heavy (non-hydrogen) atoms. The lowest BCUT2D eigenvalue weighted by Gasteiger charge is -2.14. The predicted octanol–water partition coefficient (Wildman–Crippen LogP) is 4.45. The average Bonchev–Trinajstić information content (AvgIpc) is 2.47. The molecule has 98 valence electrons. The molecular formula is C16H17BrN2. The lowest BCUT2D eigenvalue weighted by Crippen LogP contribution is -2.23. The van der Waals surface area contributed by atoms with Gasteiger partial charge in [0.1, 0.15) is 0 Å². The van der Waals surface area contributed by atoms with E-state index >= 15 is 0 Å². The quantitative estimate of drug-likeness (QED) is 0.308. The first-order valence-electron chi connectivity index (χ1n) is 6.06. The van der Waals surface area contributed by atoms with E-state index in [1.54, 1.807) is 0 Å². The molecule has 0 unspecified atom stereocenters. The van der Waals surface area contributed by atoms with Crippen molar-refractivity contribution >= 4 is 15.9 Å². The van der Waals surface area contributed by atoms with Gasteiger partial charge >= 0.3 is 5.66 Å². The minimum absolute atomic E-state index is 0.214. The van der Waals surface area contributed by atoms with Gasteiger partial charge in [-0.05, 0) is 32.6 Å². The van der Waals surface area contributed by atoms with E-state index in [9.17, 15) is 0 Å². The predicted molar refractivity (Wildman–Crippen MR) is 83.2 cm³/mol. The molecule has 0 saturated carbocycles. The molecule has 0 aromatic heterocycles. The summed E-state index contributed by atoms with van der Waals surface area (Å²) in [5.74, 6) is 7.94. The first-order chi connectivity index (χ1) is 9.20. The van der Waals surface area contributed by atoms with E-state index in [2.05, 4.69) is 43.4 Å². The normalized spacial score (nSPS) is 13.1. The Morgan fingerprint density at radius 3 is 2.42 bits per heavy atom. The summed E-state index contributed by atoms with van der Waals surface area (Å²) in [6.07, 6.45) is 11.5. The first kappa shape index (κ1) is 17.3. The fourth-order valence-electron chi connectivity index (χ4n) is 1.77. The van der Waals surface area contributed by atoms with Crippen molar-refractivity contribution in [2.24, 2.45) is 0 Å². The van der Waals surface area contributed by atoms with Crippen LogP contribution in [-0.4, -0.2) is 11.0 Å². The molecule has 2 nitrogen and oxygen atoms in total. The largest absolute Gasteiger partial charge is 0.516 e. The highest BCUT2D eigenvalue weighted by atomic mass is 79.9. The van der Waals surface area contributed by atoms with Gasteiger partial charge in [0, 0.05) is 0 Å². The van der Waals surface area contributed by atoms with Crippen molar-refractivity contribution in [3.8, 4) is 24.2 Å². The molecule has 0 N–H and O–H groups in total. The highest BCUT2D eigenvalue weighted by Gasteiger charge is 2.47. The Kier molecular flexibility index (Phi) is 9.35. The topological polar surface area (TPSA) is 8.72 Å². The van der Waals surface area contributed by atoms with Crippen molar-refractivity contribution in [1.29, 1.82) is 0 Å². The molecule has 0 aromatic rings. The van der Waals surface area contributed by atoms with Crippen LogP contribution in [-0.2, 0) is 0 Å². The van der Waals surface area contributed by atoms with Crippen molar-refractivity contribution < 1.29 is 0 Å². The molecule has 0 spiro atoms. The molecule has 1 aliphatic rings. The van der Waals surface area contributed by atoms with Crippen LogP contribution in [0, 0.1) is 37.3 Å². The van der Waals surface area contributed by atoms with E-state index < -0.39 is 5.66 Å². The summed E-state index contributed by atoms with van der Waals surface area (Å²) >= 11 is 3.14. The third-order valence-electron chi connectivity index (χ3n) is 2.77. The third kappa shape index (κ3) is 5.66. The summed E-state index contributed by atoms with van der Waals surface area (Å²) in [5, 5.41) is 0.795. The van der Waals surface area contributed by atoms with E-state index in [1.807, 2.05) is 13.0 Å². The Hall–Kier alpha value is -1.68. The zero-order valence-electron chi connectivity index (χ0n) is 11.2. The van der Waals surface area contributed by atoms with Crippen LogP contribution < -0.4 is 0 Å². The second-order valence-electron chi connectivity index (χ2n) is 3.96. The highest BCUT2D eigenvalue weighted by Crippen LogP contribution is 2.34. The zero-order valence-corrected chi connectivity index (χ0v) is 12.8. The lowest BCUT2D eigenvalue weighted by molar-refractivity contribution is 0.612. The van der Waals surface area contributed by atoms with Gasteiger partial charge in [-0.1, -0.05) is 33.8 Å². The number of rotatable bonds is 2. The Morgan fingerprint density at radius 1 is 1.42 bits per heavy atom. The van der Waals surface area contributed by atoms with E-state index in [4.69, 9.17) is 19.6 Å². The summed E-state index contributed by atoms with van der Waals surface area (Å²) in [6.45, 7) is 16.1. The molecule has 0 bridgehead atoms.